The zero-order valence-corrected chi connectivity index (χ0v) is 23.3. The van der Waals surface area contributed by atoms with Gasteiger partial charge in [0.1, 0.15) is 12.3 Å². The molecule has 0 aromatic heterocycles. The van der Waals surface area contributed by atoms with Crippen LogP contribution >= 0.6 is 23.4 Å². The van der Waals surface area contributed by atoms with Crippen molar-refractivity contribution in [1.29, 1.82) is 0 Å². The third kappa shape index (κ3) is 6.69. The fraction of sp³-hybridized carbons (Fsp3) is 0.138. The van der Waals surface area contributed by atoms with Gasteiger partial charge in [0.15, 0.2) is 0 Å². The fourth-order valence-electron chi connectivity index (χ4n) is 3.80. The molecule has 0 spiro atoms. The van der Waals surface area contributed by atoms with Crippen LogP contribution in [0.4, 0.5) is 11.4 Å². The van der Waals surface area contributed by atoms with Crippen molar-refractivity contribution in [2.24, 2.45) is 0 Å². The number of carbonyl (C=O) groups is 1. The molecule has 4 aromatic rings. The summed E-state index contributed by atoms with van der Waals surface area (Å²) in [6.07, 6.45) is 0. The molecule has 0 aliphatic heterocycles. The number of rotatable bonds is 10. The summed E-state index contributed by atoms with van der Waals surface area (Å²) in [7, 11) is -2.59. The second kappa shape index (κ2) is 12.4. The van der Waals surface area contributed by atoms with E-state index in [0.29, 0.717) is 11.4 Å². The van der Waals surface area contributed by atoms with Gasteiger partial charge in [-0.2, -0.15) is 0 Å². The summed E-state index contributed by atoms with van der Waals surface area (Å²) in [4.78, 5) is 14.4. The molecule has 0 atom stereocenters. The van der Waals surface area contributed by atoms with Crippen molar-refractivity contribution in [3.05, 3.63) is 113 Å². The number of anilines is 2. The maximum Gasteiger partial charge on any atom is 0.264 e. The number of amides is 1. The Morgan fingerprint density at radius 1 is 0.947 bits per heavy atom. The first-order valence-electron chi connectivity index (χ1n) is 11.8. The number of hydrogen-bond donors (Lipinski definition) is 1. The quantitative estimate of drug-likeness (QED) is 0.214. The van der Waals surface area contributed by atoms with Gasteiger partial charge in [0.05, 0.1) is 22.7 Å². The van der Waals surface area contributed by atoms with Crippen LogP contribution in [0.5, 0.6) is 5.75 Å². The van der Waals surface area contributed by atoms with Crippen LogP contribution in [-0.4, -0.2) is 28.0 Å². The number of nitrogens with one attached hydrogen (secondary N) is 1. The SMILES string of the molecule is COc1ccc(N(CC(=O)Nc2ccc(CSc3ccccc3)cc2C)S(=O)(=O)c2ccccc2)cc1Cl. The minimum absolute atomic E-state index is 0.0659. The normalized spacial score (nSPS) is 11.1. The summed E-state index contributed by atoms with van der Waals surface area (Å²) in [6, 6.07) is 28.5. The van der Waals surface area contributed by atoms with E-state index in [1.165, 1.54) is 30.2 Å². The summed E-state index contributed by atoms with van der Waals surface area (Å²) in [6.45, 7) is 1.47. The van der Waals surface area contributed by atoms with Crippen LogP contribution in [0.2, 0.25) is 5.02 Å². The van der Waals surface area contributed by atoms with Crippen molar-refractivity contribution in [2.75, 3.05) is 23.3 Å². The first kappa shape index (κ1) is 27.6. The number of carbonyl (C=O) groups excluding carboxylic acids is 1. The van der Waals surface area contributed by atoms with Crippen LogP contribution in [0.25, 0.3) is 0 Å². The van der Waals surface area contributed by atoms with Crippen LogP contribution in [0, 0.1) is 6.92 Å². The van der Waals surface area contributed by atoms with E-state index in [0.717, 1.165) is 21.2 Å². The van der Waals surface area contributed by atoms with Gasteiger partial charge in [0, 0.05) is 16.3 Å². The van der Waals surface area contributed by atoms with Gasteiger partial charge in [-0.1, -0.05) is 60.1 Å². The van der Waals surface area contributed by atoms with Gasteiger partial charge in [0.2, 0.25) is 5.91 Å². The monoisotopic (exact) mass is 566 g/mol. The number of methoxy groups -OCH3 is 1. The molecule has 9 heteroatoms. The minimum atomic E-state index is -4.06. The van der Waals surface area contributed by atoms with Crippen molar-refractivity contribution in [3.63, 3.8) is 0 Å². The summed E-state index contributed by atoms with van der Waals surface area (Å²) in [5.41, 5.74) is 2.87. The van der Waals surface area contributed by atoms with Gasteiger partial charge in [-0.25, -0.2) is 8.42 Å². The van der Waals surface area contributed by atoms with E-state index in [1.54, 1.807) is 42.1 Å². The molecular formula is C29H27ClN2O4S2. The third-order valence-corrected chi connectivity index (χ3v) is 8.92. The number of halogens is 1. The summed E-state index contributed by atoms with van der Waals surface area (Å²) >= 11 is 8.02. The lowest BCUT2D eigenvalue weighted by Gasteiger charge is -2.25. The molecule has 0 bridgehead atoms. The van der Waals surface area contributed by atoms with Crippen LogP contribution in [-0.2, 0) is 20.6 Å². The minimum Gasteiger partial charge on any atom is -0.495 e. The van der Waals surface area contributed by atoms with Crippen molar-refractivity contribution >= 4 is 50.7 Å². The highest BCUT2D eigenvalue weighted by Crippen LogP contribution is 2.32. The third-order valence-electron chi connectivity index (χ3n) is 5.76. The zero-order valence-electron chi connectivity index (χ0n) is 20.9. The van der Waals surface area contributed by atoms with Gasteiger partial charge >= 0.3 is 0 Å². The zero-order chi connectivity index (χ0) is 27.1. The summed E-state index contributed by atoms with van der Waals surface area (Å²) in [5.74, 6) is 0.712. The lowest BCUT2D eigenvalue weighted by Crippen LogP contribution is -2.38. The molecule has 4 aromatic carbocycles. The molecule has 6 nitrogen and oxygen atoms in total. The van der Waals surface area contributed by atoms with Crippen molar-refractivity contribution in [3.8, 4) is 5.75 Å². The van der Waals surface area contributed by atoms with Crippen LogP contribution in [0.3, 0.4) is 0 Å². The van der Waals surface area contributed by atoms with E-state index in [-0.39, 0.29) is 15.6 Å². The molecule has 4 rings (SSSR count). The molecule has 0 radical (unpaired) electrons. The predicted octanol–water partition coefficient (Wildman–Crippen LogP) is 6.78. The fourth-order valence-corrected chi connectivity index (χ4v) is 6.35. The number of ether oxygens (including phenoxy) is 1. The van der Waals surface area contributed by atoms with E-state index in [9.17, 15) is 13.2 Å². The van der Waals surface area contributed by atoms with Crippen LogP contribution in [0.1, 0.15) is 11.1 Å². The second-order valence-electron chi connectivity index (χ2n) is 8.44. The number of aryl methyl sites for hydroxylation is 1. The van der Waals surface area contributed by atoms with Crippen molar-refractivity contribution in [1.82, 2.24) is 0 Å². The van der Waals surface area contributed by atoms with Crippen molar-refractivity contribution in [2.45, 2.75) is 22.5 Å². The van der Waals surface area contributed by atoms with Gasteiger partial charge in [-0.15, -0.1) is 11.8 Å². The Balaban J connectivity index is 1.54. The molecule has 0 aliphatic carbocycles. The molecular weight excluding hydrogens is 540 g/mol. The van der Waals surface area contributed by atoms with E-state index in [2.05, 4.69) is 17.4 Å². The maximum absolute atomic E-state index is 13.6. The van der Waals surface area contributed by atoms with Crippen LogP contribution in [0.15, 0.2) is 107 Å². The highest BCUT2D eigenvalue weighted by Gasteiger charge is 2.28. The highest BCUT2D eigenvalue weighted by molar-refractivity contribution is 7.98. The maximum atomic E-state index is 13.6. The molecule has 0 fully saturated rings. The molecule has 0 heterocycles. The molecule has 1 amide bonds. The number of benzene rings is 4. The molecule has 0 saturated carbocycles. The number of sulfonamides is 1. The molecule has 38 heavy (non-hydrogen) atoms. The first-order valence-corrected chi connectivity index (χ1v) is 14.6. The van der Waals surface area contributed by atoms with E-state index >= 15 is 0 Å². The Morgan fingerprint density at radius 2 is 1.63 bits per heavy atom. The first-order chi connectivity index (χ1) is 18.3. The number of hydrogen-bond acceptors (Lipinski definition) is 5. The number of nitrogens with zero attached hydrogens (tertiary/aromatic N) is 1. The molecule has 0 saturated heterocycles. The Hall–Kier alpha value is -3.46. The summed E-state index contributed by atoms with van der Waals surface area (Å²) < 4.78 is 33.4. The standard InChI is InChI=1S/C29H27ClN2O4S2/c1-21-17-22(20-37-24-9-5-3-6-10-24)13-15-27(21)31-29(33)19-32(23-14-16-28(36-2)26(30)18-23)38(34,35)25-11-7-4-8-12-25/h3-18H,19-20H2,1-2H3,(H,31,33). The molecule has 0 aliphatic rings. The van der Waals surface area contributed by atoms with E-state index in [1.807, 2.05) is 43.3 Å². The summed E-state index contributed by atoms with van der Waals surface area (Å²) in [5, 5.41) is 3.10. The van der Waals surface area contributed by atoms with E-state index < -0.39 is 22.5 Å². The average molecular weight is 567 g/mol. The van der Waals surface area contributed by atoms with Gasteiger partial charge in [0.25, 0.3) is 10.0 Å². The molecule has 196 valence electrons. The average Bonchev–Trinajstić information content (AvgIpc) is 2.93. The van der Waals surface area contributed by atoms with Gasteiger partial charge < -0.3 is 10.1 Å². The molecule has 0 unspecified atom stereocenters. The lowest BCUT2D eigenvalue weighted by molar-refractivity contribution is -0.114. The Bertz CT molecular complexity index is 1510. The number of thioether (sulfide) groups is 1. The highest BCUT2D eigenvalue weighted by atomic mass is 35.5. The Labute approximate surface area is 232 Å². The topological polar surface area (TPSA) is 75.7 Å². The lowest BCUT2D eigenvalue weighted by atomic mass is 10.1. The second-order valence-corrected chi connectivity index (χ2v) is 11.8. The smallest absolute Gasteiger partial charge is 0.264 e. The largest absolute Gasteiger partial charge is 0.495 e. The molecule has 1 N–H and O–H groups in total. The van der Waals surface area contributed by atoms with Crippen molar-refractivity contribution < 1.29 is 17.9 Å². The van der Waals surface area contributed by atoms with Gasteiger partial charge in [-0.05, 0) is 66.6 Å². The van der Waals surface area contributed by atoms with Gasteiger partial charge in [-0.3, -0.25) is 9.10 Å². The Kier molecular flexibility index (Phi) is 8.99. The Morgan fingerprint density at radius 3 is 2.26 bits per heavy atom. The predicted molar refractivity (Wildman–Crippen MR) is 155 cm³/mol. The van der Waals surface area contributed by atoms with E-state index in [4.69, 9.17) is 16.3 Å². The van der Waals surface area contributed by atoms with Crippen LogP contribution < -0.4 is 14.4 Å².